The van der Waals surface area contributed by atoms with E-state index in [0.717, 1.165) is 0 Å². The van der Waals surface area contributed by atoms with E-state index in [0.29, 0.717) is 0 Å². The smallest absolute Gasteiger partial charge is 0.374 e. The lowest BCUT2D eigenvalue weighted by Gasteiger charge is -2.44. The number of phosphoric acid groups is 3. The Labute approximate surface area is 179 Å². The summed E-state index contributed by atoms with van der Waals surface area (Å²) < 4.78 is 89.2. The van der Waals surface area contributed by atoms with Gasteiger partial charge < -0.3 is 9.63 Å². The Hall–Kier alpha value is -0.950. The molecule has 1 N–H and O–H groups in total. The predicted octanol–water partition coefficient (Wildman–Crippen LogP) is -0.919. The summed E-state index contributed by atoms with van der Waals surface area (Å²) in [6, 6.07) is 0. The van der Waals surface area contributed by atoms with Crippen molar-refractivity contribution in [1.29, 1.82) is 0 Å². The van der Waals surface area contributed by atoms with E-state index in [9.17, 15) is 28.4 Å². The van der Waals surface area contributed by atoms with E-state index in [1.165, 1.54) is 0 Å². The predicted molar refractivity (Wildman–Crippen MR) is 84.6 cm³/mol. The maximum absolute atomic E-state index is 13.2. The molecule has 32 heavy (non-hydrogen) atoms. The lowest BCUT2D eigenvalue weighted by atomic mass is 9.97. The van der Waals surface area contributed by atoms with Gasteiger partial charge in [-0.3, -0.25) is 14.2 Å². The second-order valence-electron chi connectivity index (χ2n) is 7.03. The maximum Gasteiger partial charge on any atom is 0.637 e. The van der Waals surface area contributed by atoms with Gasteiger partial charge in [0.25, 0.3) is 12.1 Å². The lowest BCUT2D eigenvalue weighted by molar-refractivity contribution is -0.437. The van der Waals surface area contributed by atoms with Crippen molar-refractivity contribution in [2.75, 3.05) is 0 Å². The van der Waals surface area contributed by atoms with Crippen LogP contribution in [0.15, 0.2) is 14.1 Å². The Bertz CT molecular complexity index is 1470. The van der Waals surface area contributed by atoms with Crippen LogP contribution in [-0.2, 0) is 61.0 Å². The van der Waals surface area contributed by atoms with Crippen LogP contribution in [0.1, 0.15) is 0 Å². The Morgan fingerprint density at radius 1 is 1.00 bits per heavy atom. The van der Waals surface area contributed by atoms with Crippen LogP contribution in [0.25, 0.3) is 0 Å². The molecule has 9 aliphatic heterocycles. The van der Waals surface area contributed by atoms with Crippen LogP contribution in [0.4, 0.5) is 0 Å². The van der Waals surface area contributed by atoms with Gasteiger partial charge in [0.2, 0.25) is 5.88 Å². The van der Waals surface area contributed by atoms with Crippen molar-refractivity contribution in [3.63, 3.8) is 0 Å². The van der Waals surface area contributed by atoms with Crippen molar-refractivity contribution in [1.82, 2.24) is 9.30 Å². The third-order valence-corrected chi connectivity index (χ3v) is 9.96. The molecule has 1 aromatic rings. The molecule has 0 radical (unpaired) electrons. The Morgan fingerprint density at radius 3 is 2.50 bits per heavy atom. The highest BCUT2D eigenvalue weighted by Crippen LogP contribution is 2.91. The van der Waals surface area contributed by atoms with Crippen LogP contribution < -0.4 is 20.4 Å². The van der Waals surface area contributed by atoms with Crippen LogP contribution in [0.2, 0.25) is 0 Å². The molecule has 3 unspecified atom stereocenters. The van der Waals surface area contributed by atoms with E-state index in [1.54, 1.807) is 0 Å². The molecule has 9 aliphatic rings. The highest BCUT2D eigenvalue weighted by Gasteiger charge is 3.05. The summed E-state index contributed by atoms with van der Waals surface area (Å²) in [7, 11) is -14.3. The third kappa shape index (κ3) is 1.61. The molecular formula is C9H2BrN2O17P3. The zero-order chi connectivity index (χ0) is 22.3. The van der Waals surface area contributed by atoms with Gasteiger partial charge in [-0.15, -0.1) is 4.67 Å². The zero-order valence-corrected chi connectivity index (χ0v) is 18.4. The monoisotopic (exact) mass is 582 g/mol. The van der Waals surface area contributed by atoms with Gasteiger partial charge in [-0.05, 0) is 15.9 Å². The van der Waals surface area contributed by atoms with Crippen molar-refractivity contribution >= 4 is 39.4 Å². The molecule has 6 fully saturated rings. The number of aliphatic hydroxyl groups is 1. The molecule has 1 aromatic heterocycles. The highest BCUT2D eigenvalue weighted by atomic mass is 79.9. The van der Waals surface area contributed by atoms with Crippen molar-refractivity contribution in [3.8, 4) is 5.88 Å². The van der Waals surface area contributed by atoms with Crippen LogP contribution in [0.3, 0.4) is 0 Å². The molecule has 0 amide bonds. The van der Waals surface area contributed by atoms with Crippen LogP contribution in [0.5, 0.6) is 5.88 Å². The first-order chi connectivity index (χ1) is 14.8. The number of fused-ring (bicyclic) bond motifs is 2. The summed E-state index contributed by atoms with van der Waals surface area (Å²) in [5.41, 5.74) is -2.77. The number of hydrogen-bond acceptors (Lipinski definition) is 17. The maximum atomic E-state index is 13.2. The van der Waals surface area contributed by atoms with Crippen molar-refractivity contribution in [3.05, 3.63) is 25.3 Å². The molecule has 172 valence electrons. The first-order valence-corrected chi connectivity index (χ1v) is 13.3. The summed E-state index contributed by atoms with van der Waals surface area (Å²) in [6.07, 6.45) is -2.27. The van der Waals surface area contributed by atoms with Crippen molar-refractivity contribution in [2.24, 2.45) is 0 Å². The molecule has 23 heteroatoms. The van der Waals surface area contributed by atoms with E-state index in [4.69, 9.17) is 45.9 Å². The average molecular weight is 583 g/mol. The molecule has 0 aliphatic carbocycles. The zero-order valence-electron chi connectivity index (χ0n) is 14.2. The number of hydrogen-bond donors (Lipinski definition) is 1. The molecule has 10 heterocycles. The van der Waals surface area contributed by atoms with Gasteiger partial charge in [0, 0.05) is 0 Å². The molecule has 10 rings (SSSR count). The van der Waals surface area contributed by atoms with Gasteiger partial charge in [0.15, 0.2) is 0 Å². The summed E-state index contributed by atoms with van der Waals surface area (Å²) in [5, 5.41) is 11.4. The highest BCUT2D eigenvalue weighted by molar-refractivity contribution is 9.10. The summed E-state index contributed by atoms with van der Waals surface area (Å²) in [4.78, 5) is 30.6. The number of rotatable bonds is 0. The van der Waals surface area contributed by atoms with Gasteiger partial charge in [0.1, 0.15) is 4.47 Å². The van der Waals surface area contributed by atoms with Gasteiger partial charge in [-0.2, -0.15) is 9.45 Å². The van der Waals surface area contributed by atoms with Crippen LogP contribution >= 0.6 is 39.4 Å². The molecule has 6 saturated heterocycles. The summed E-state index contributed by atoms with van der Waals surface area (Å²) >= 11 is 2.84. The van der Waals surface area contributed by atoms with Gasteiger partial charge in [-0.25, -0.2) is 45.6 Å². The fraction of sp³-hybridized carbons (Fsp3) is 0.556. The SMILES string of the molecule is O=c1c(Br)c2n3c(=O)n1OP(=O)(OOC1OP4(=O)O[C@@]35O[C@]1(O4)[C@]1(O)OP3(=O)OC51O3)O2. The topological polar surface area (TPSA) is 217 Å². The van der Waals surface area contributed by atoms with Gasteiger partial charge >= 0.3 is 52.2 Å². The molecule has 2 spiro atoms. The molecule has 0 saturated carbocycles. The number of ether oxygens (including phenoxy) is 1. The van der Waals surface area contributed by atoms with E-state index < -0.39 is 74.6 Å². The number of aromatic nitrogens is 2. The standard InChI is InChI=1S/C9H2BrN2O17P3/c10-1-2(13)12-5(14)11-3(1)20-31(17,28-12)29-19-4-6-7(15)8(25-32(18,24-7)26-8)9(11,22-6)27-30(16,21-4)23-6/h4,15H/t4?,6-,7+,8?,9-,30?,31?,32?/m1/s1. The quantitative estimate of drug-likeness (QED) is 0.289. The summed E-state index contributed by atoms with van der Waals surface area (Å²) in [6.45, 7) is 0. The first-order valence-electron chi connectivity index (χ1n) is 8.12. The van der Waals surface area contributed by atoms with Crippen LogP contribution in [0, 0.1) is 0 Å². The molecule has 6 atom stereocenters. The van der Waals surface area contributed by atoms with Gasteiger partial charge in [0.05, 0.1) is 0 Å². The minimum Gasteiger partial charge on any atom is -0.374 e. The second kappa shape index (κ2) is 4.75. The first kappa shape index (κ1) is 19.4. The third-order valence-electron chi connectivity index (χ3n) is 5.39. The average Bonchev–Trinajstić information content (AvgIpc) is 3.14. The summed E-state index contributed by atoms with van der Waals surface area (Å²) in [5.74, 6) is -13.0. The number of halogens is 1. The van der Waals surface area contributed by atoms with Crippen LogP contribution in [-0.4, -0.2) is 38.1 Å². The normalized spacial score (nSPS) is 57.0. The van der Waals surface area contributed by atoms with Crippen molar-refractivity contribution < 1.29 is 69.4 Å². The molecular weight excluding hydrogens is 581 g/mol. The second-order valence-corrected chi connectivity index (χ2v) is 12.1. The molecule has 0 aromatic carbocycles. The number of nitrogens with zero attached hydrogens (tertiary/aromatic N) is 2. The molecule has 19 nitrogen and oxygen atoms in total. The lowest BCUT2D eigenvalue weighted by Crippen LogP contribution is -2.69. The Balaban J connectivity index is 1.59. The Morgan fingerprint density at radius 2 is 1.75 bits per heavy atom. The fourth-order valence-corrected chi connectivity index (χ4v) is 9.23. The van der Waals surface area contributed by atoms with E-state index in [2.05, 4.69) is 20.6 Å². The number of phosphoric ester groups is 2. The van der Waals surface area contributed by atoms with Crippen molar-refractivity contribution in [2.45, 2.75) is 29.6 Å². The molecule has 9 bridgehead atoms. The van der Waals surface area contributed by atoms with E-state index >= 15 is 0 Å². The Kier molecular flexibility index (Phi) is 2.88. The minimum atomic E-state index is -5.00. The van der Waals surface area contributed by atoms with E-state index in [1.807, 2.05) is 0 Å². The minimum absolute atomic E-state index is 0.0981. The largest absolute Gasteiger partial charge is 0.637 e. The van der Waals surface area contributed by atoms with E-state index in [-0.39, 0.29) is 9.30 Å². The van der Waals surface area contributed by atoms with Gasteiger partial charge in [-0.1, -0.05) is 4.73 Å². The fourth-order valence-electron chi connectivity index (χ4n) is 4.26.